The number of para-hydroxylation sites is 1. The Labute approximate surface area is 204 Å². The summed E-state index contributed by atoms with van der Waals surface area (Å²) in [5.41, 5.74) is 4.96. The molecule has 1 aromatic heterocycles. The van der Waals surface area contributed by atoms with E-state index in [1.807, 2.05) is 42.5 Å². The van der Waals surface area contributed by atoms with Crippen LogP contribution < -0.4 is 14.8 Å². The van der Waals surface area contributed by atoms with E-state index in [0.717, 1.165) is 76.9 Å². The van der Waals surface area contributed by atoms with Crippen molar-refractivity contribution in [3.05, 3.63) is 64.8 Å². The van der Waals surface area contributed by atoms with Gasteiger partial charge in [0.1, 0.15) is 0 Å². The lowest BCUT2D eigenvalue weighted by Crippen LogP contribution is -2.30. The van der Waals surface area contributed by atoms with Crippen molar-refractivity contribution in [1.82, 2.24) is 10.3 Å². The number of carbonyl (C=O) groups excluding carboxylic acids is 2. The molecule has 2 aliphatic rings. The van der Waals surface area contributed by atoms with Gasteiger partial charge in [0.2, 0.25) is 6.79 Å². The Morgan fingerprint density at radius 3 is 2.86 bits per heavy atom. The van der Waals surface area contributed by atoms with E-state index in [9.17, 15) is 9.59 Å². The zero-order valence-corrected chi connectivity index (χ0v) is 19.8. The number of unbranched alkanes of at least 4 members (excludes halogenated alkanes) is 1. The van der Waals surface area contributed by atoms with Crippen LogP contribution in [0.25, 0.3) is 22.6 Å². The Morgan fingerprint density at radius 1 is 1.11 bits per heavy atom. The van der Waals surface area contributed by atoms with Gasteiger partial charge in [0.25, 0.3) is 5.91 Å². The van der Waals surface area contributed by atoms with Crippen LogP contribution in [0, 0.1) is 0 Å². The number of rotatable bonds is 7. The minimum absolute atomic E-state index is 0.230. The van der Waals surface area contributed by atoms with Gasteiger partial charge >= 0.3 is 5.97 Å². The second-order valence-corrected chi connectivity index (χ2v) is 8.75. The summed E-state index contributed by atoms with van der Waals surface area (Å²) in [6.45, 7) is 2.56. The molecule has 35 heavy (non-hydrogen) atoms. The fraction of sp³-hybridized carbons (Fsp3) is 0.321. The monoisotopic (exact) mass is 472 g/mol. The number of benzene rings is 2. The number of hydrogen-bond donors (Lipinski definition) is 1. The number of carbonyl (C=O) groups is 2. The molecular formula is C28H28N2O5. The van der Waals surface area contributed by atoms with Gasteiger partial charge < -0.3 is 19.5 Å². The standard InChI is InChI=1S/C28H28N2O5/c1-2-3-13-29-25(31)16-33-28(32)26-20-8-4-5-10-22(20)30-27-19(7-6-9-21(26)27)14-18-11-12-23-24(15-18)35-17-34-23/h4-5,8,10-12,14-15H,2-3,6-7,9,13,16-17H2,1H3,(H,29,31)/b19-14+. The third kappa shape index (κ3) is 4.85. The van der Waals surface area contributed by atoms with Crippen molar-refractivity contribution in [3.63, 3.8) is 0 Å². The largest absolute Gasteiger partial charge is 0.454 e. The smallest absolute Gasteiger partial charge is 0.339 e. The zero-order valence-electron chi connectivity index (χ0n) is 19.8. The average Bonchev–Trinajstić information content (AvgIpc) is 3.34. The van der Waals surface area contributed by atoms with Crippen LogP contribution >= 0.6 is 0 Å². The molecule has 0 saturated carbocycles. The van der Waals surface area contributed by atoms with E-state index < -0.39 is 5.97 Å². The van der Waals surface area contributed by atoms with Crippen LogP contribution in [0.15, 0.2) is 42.5 Å². The van der Waals surface area contributed by atoms with E-state index in [0.29, 0.717) is 12.1 Å². The highest BCUT2D eigenvalue weighted by Crippen LogP contribution is 2.38. The second-order valence-electron chi connectivity index (χ2n) is 8.75. The highest BCUT2D eigenvalue weighted by Gasteiger charge is 2.26. The fourth-order valence-corrected chi connectivity index (χ4v) is 4.57. The number of nitrogens with zero attached hydrogens (tertiary/aromatic N) is 1. The third-order valence-electron chi connectivity index (χ3n) is 6.30. The van der Waals surface area contributed by atoms with Gasteiger partial charge in [-0.2, -0.15) is 0 Å². The summed E-state index contributed by atoms with van der Waals surface area (Å²) in [4.78, 5) is 30.3. The molecule has 0 radical (unpaired) electrons. The predicted octanol–water partition coefficient (Wildman–Crippen LogP) is 4.91. The maximum absolute atomic E-state index is 13.3. The summed E-state index contributed by atoms with van der Waals surface area (Å²) in [7, 11) is 0. The van der Waals surface area contributed by atoms with Crippen molar-refractivity contribution in [2.75, 3.05) is 19.9 Å². The topological polar surface area (TPSA) is 86.8 Å². The quantitative estimate of drug-likeness (QED) is 0.388. The molecule has 7 nitrogen and oxygen atoms in total. The minimum atomic E-state index is -0.491. The molecule has 2 heterocycles. The summed E-state index contributed by atoms with van der Waals surface area (Å²) in [5.74, 6) is 0.685. The summed E-state index contributed by atoms with van der Waals surface area (Å²) in [6, 6.07) is 13.4. The lowest BCUT2D eigenvalue weighted by atomic mass is 9.86. The van der Waals surface area contributed by atoms with E-state index in [1.165, 1.54) is 0 Å². The number of hydrogen-bond acceptors (Lipinski definition) is 6. The van der Waals surface area contributed by atoms with E-state index in [2.05, 4.69) is 18.3 Å². The van der Waals surface area contributed by atoms with Crippen LogP contribution in [0.3, 0.4) is 0 Å². The molecule has 0 unspecified atom stereocenters. The molecule has 0 fully saturated rings. The molecule has 0 spiro atoms. The average molecular weight is 473 g/mol. The Balaban J connectivity index is 1.49. The van der Waals surface area contributed by atoms with Gasteiger partial charge in [-0.05, 0) is 66.7 Å². The van der Waals surface area contributed by atoms with Gasteiger partial charge in [0.05, 0.1) is 16.8 Å². The molecule has 0 atom stereocenters. The molecule has 180 valence electrons. The number of amides is 1. The molecule has 3 aromatic rings. The minimum Gasteiger partial charge on any atom is -0.454 e. The van der Waals surface area contributed by atoms with Crippen molar-refractivity contribution in [2.24, 2.45) is 0 Å². The Kier molecular flexibility index (Phi) is 6.66. The van der Waals surface area contributed by atoms with Crippen molar-refractivity contribution in [1.29, 1.82) is 0 Å². The molecule has 7 heteroatoms. The Bertz CT molecular complexity index is 1310. The van der Waals surface area contributed by atoms with Crippen LogP contribution in [0.5, 0.6) is 11.5 Å². The van der Waals surface area contributed by atoms with E-state index in [-0.39, 0.29) is 19.3 Å². The van der Waals surface area contributed by atoms with Crippen molar-refractivity contribution < 1.29 is 23.8 Å². The van der Waals surface area contributed by atoms with E-state index in [1.54, 1.807) is 0 Å². The van der Waals surface area contributed by atoms with E-state index in [4.69, 9.17) is 19.2 Å². The number of ether oxygens (including phenoxy) is 3. The maximum atomic E-state index is 13.3. The van der Waals surface area contributed by atoms with Crippen molar-refractivity contribution >= 4 is 34.4 Å². The first-order valence-electron chi connectivity index (χ1n) is 12.1. The lowest BCUT2D eigenvalue weighted by Gasteiger charge is -2.22. The highest BCUT2D eigenvalue weighted by atomic mass is 16.7. The van der Waals surface area contributed by atoms with Gasteiger partial charge in [-0.15, -0.1) is 0 Å². The summed E-state index contributed by atoms with van der Waals surface area (Å²) < 4.78 is 16.4. The molecule has 1 aliphatic carbocycles. The molecule has 0 saturated heterocycles. The molecular weight excluding hydrogens is 444 g/mol. The molecule has 0 bridgehead atoms. The number of fused-ring (bicyclic) bond motifs is 3. The molecule has 1 amide bonds. The van der Waals surface area contributed by atoms with Crippen molar-refractivity contribution in [2.45, 2.75) is 39.0 Å². The van der Waals surface area contributed by atoms with Crippen LogP contribution in [0.2, 0.25) is 0 Å². The number of esters is 1. The number of allylic oxidation sites excluding steroid dienone is 1. The van der Waals surface area contributed by atoms with Gasteiger partial charge in [-0.25, -0.2) is 9.78 Å². The Morgan fingerprint density at radius 2 is 1.97 bits per heavy atom. The fourth-order valence-electron chi connectivity index (χ4n) is 4.57. The summed E-state index contributed by atoms with van der Waals surface area (Å²) >= 11 is 0. The SMILES string of the molecule is CCCCNC(=O)COC(=O)c1c2c(nc3ccccc13)/C(=C/c1ccc3c(c1)OCO3)CCC2. The van der Waals surface area contributed by atoms with Gasteiger partial charge in [-0.1, -0.05) is 37.6 Å². The van der Waals surface area contributed by atoms with Gasteiger partial charge in [0.15, 0.2) is 18.1 Å². The summed E-state index contributed by atoms with van der Waals surface area (Å²) in [6.07, 6.45) is 6.43. The first-order chi connectivity index (χ1) is 17.1. The molecule has 5 rings (SSSR count). The third-order valence-corrected chi connectivity index (χ3v) is 6.30. The highest BCUT2D eigenvalue weighted by molar-refractivity contribution is 6.07. The van der Waals surface area contributed by atoms with Crippen LogP contribution in [0.1, 0.15) is 59.8 Å². The van der Waals surface area contributed by atoms with E-state index >= 15 is 0 Å². The molecule has 1 N–H and O–H groups in total. The first kappa shape index (κ1) is 22.9. The lowest BCUT2D eigenvalue weighted by molar-refractivity contribution is -0.124. The summed E-state index contributed by atoms with van der Waals surface area (Å²) in [5, 5.41) is 3.53. The van der Waals surface area contributed by atoms with Gasteiger partial charge in [0, 0.05) is 11.9 Å². The zero-order chi connectivity index (χ0) is 24.2. The van der Waals surface area contributed by atoms with Crippen LogP contribution in [0.4, 0.5) is 0 Å². The Hall–Kier alpha value is -3.87. The van der Waals surface area contributed by atoms with Gasteiger partial charge in [-0.3, -0.25) is 4.79 Å². The van der Waals surface area contributed by atoms with Crippen LogP contribution in [-0.4, -0.2) is 36.8 Å². The molecule has 2 aromatic carbocycles. The van der Waals surface area contributed by atoms with Crippen LogP contribution in [-0.2, 0) is 16.0 Å². The first-order valence-corrected chi connectivity index (χ1v) is 12.1. The number of aromatic nitrogens is 1. The van der Waals surface area contributed by atoms with Crippen molar-refractivity contribution in [3.8, 4) is 11.5 Å². The molecule has 1 aliphatic heterocycles. The second kappa shape index (κ2) is 10.2. The number of nitrogens with one attached hydrogen (secondary N) is 1. The normalized spacial score (nSPS) is 15.2. The predicted molar refractivity (Wildman–Crippen MR) is 133 cm³/mol. The maximum Gasteiger partial charge on any atom is 0.339 e. The number of pyridine rings is 1.